The van der Waals surface area contributed by atoms with Crippen molar-refractivity contribution >= 4 is 28.8 Å². The van der Waals surface area contributed by atoms with Crippen molar-refractivity contribution in [3.05, 3.63) is 65.9 Å². The molecule has 0 aliphatic heterocycles. The van der Waals surface area contributed by atoms with E-state index in [-0.39, 0.29) is 5.97 Å². The summed E-state index contributed by atoms with van der Waals surface area (Å²) in [5, 5.41) is 1.10. The molecule has 0 radical (unpaired) electrons. The number of hydrogen-bond acceptors (Lipinski definition) is 4. The number of hydrogen-bond donors (Lipinski definition) is 1. The van der Waals surface area contributed by atoms with Crippen LogP contribution in [0.3, 0.4) is 0 Å². The van der Waals surface area contributed by atoms with Gasteiger partial charge >= 0.3 is 5.97 Å². The number of fused-ring (bicyclic) bond motifs is 1. The number of nitrogens with zero attached hydrogens (tertiary/aromatic N) is 2. The molecule has 0 aliphatic rings. The van der Waals surface area contributed by atoms with Crippen LogP contribution in [0.1, 0.15) is 11.1 Å². The van der Waals surface area contributed by atoms with Gasteiger partial charge in [0.15, 0.2) is 6.04 Å². The van der Waals surface area contributed by atoms with Gasteiger partial charge < -0.3 is 14.6 Å². The van der Waals surface area contributed by atoms with Crippen molar-refractivity contribution in [2.24, 2.45) is 4.99 Å². The third kappa shape index (κ3) is 3.94. The molecule has 3 rings (SSSR count). The molecular formula is C21H23N3O2. The number of H-pyrrole nitrogens is 1. The summed E-state index contributed by atoms with van der Waals surface area (Å²) in [5.74, 6) is -0.337. The second kappa shape index (κ2) is 7.87. The highest BCUT2D eigenvalue weighted by Gasteiger charge is 2.19. The van der Waals surface area contributed by atoms with E-state index in [0.29, 0.717) is 6.42 Å². The number of aliphatic imine (C=N–C) groups is 1. The van der Waals surface area contributed by atoms with Gasteiger partial charge in [0, 0.05) is 49.5 Å². The van der Waals surface area contributed by atoms with Crippen LogP contribution in [0.5, 0.6) is 0 Å². The molecule has 5 heteroatoms. The summed E-state index contributed by atoms with van der Waals surface area (Å²) in [6, 6.07) is 15.5. The zero-order valence-corrected chi connectivity index (χ0v) is 15.3. The topological polar surface area (TPSA) is 57.7 Å². The lowest BCUT2D eigenvalue weighted by atomic mass is 10.1. The first-order valence-electron chi connectivity index (χ1n) is 8.52. The van der Waals surface area contributed by atoms with Gasteiger partial charge in [0.05, 0.1) is 7.11 Å². The number of carbonyl (C=O) groups is 1. The average molecular weight is 349 g/mol. The summed E-state index contributed by atoms with van der Waals surface area (Å²) >= 11 is 0. The summed E-state index contributed by atoms with van der Waals surface area (Å²) < 4.78 is 4.94. The molecule has 1 atom stereocenters. The molecule has 0 unspecified atom stereocenters. The van der Waals surface area contributed by atoms with E-state index in [1.807, 2.05) is 73.7 Å². The van der Waals surface area contributed by atoms with E-state index in [9.17, 15) is 4.79 Å². The number of esters is 1. The van der Waals surface area contributed by atoms with Gasteiger partial charge in [0.25, 0.3) is 0 Å². The molecule has 0 fully saturated rings. The molecular weight excluding hydrogens is 326 g/mol. The Morgan fingerprint density at radius 3 is 2.62 bits per heavy atom. The molecule has 3 aromatic rings. The first kappa shape index (κ1) is 17.7. The number of benzene rings is 2. The van der Waals surface area contributed by atoms with Crippen molar-refractivity contribution < 1.29 is 9.53 Å². The van der Waals surface area contributed by atoms with Gasteiger partial charge in [-0.2, -0.15) is 0 Å². The van der Waals surface area contributed by atoms with Gasteiger partial charge in [0.1, 0.15) is 0 Å². The Kier molecular flexibility index (Phi) is 5.37. The quantitative estimate of drug-likeness (QED) is 0.548. The number of para-hydroxylation sites is 1. The number of rotatable bonds is 6. The maximum atomic E-state index is 12.2. The highest BCUT2D eigenvalue weighted by atomic mass is 16.5. The van der Waals surface area contributed by atoms with Crippen LogP contribution in [-0.4, -0.2) is 44.4 Å². The van der Waals surface area contributed by atoms with Crippen molar-refractivity contribution in [3.63, 3.8) is 0 Å². The highest BCUT2D eigenvalue weighted by molar-refractivity contribution is 5.87. The summed E-state index contributed by atoms with van der Waals surface area (Å²) in [6.45, 7) is 0. The zero-order chi connectivity index (χ0) is 18.5. The predicted octanol–water partition coefficient (Wildman–Crippen LogP) is 3.44. The SMILES string of the molecule is COC(=O)[C@@H](Cc1c[nH]c2ccccc12)N=Cc1ccc(N(C)C)cc1. The fourth-order valence-corrected chi connectivity index (χ4v) is 2.88. The van der Waals surface area contributed by atoms with Crippen LogP contribution in [0.4, 0.5) is 5.69 Å². The van der Waals surface area contributed by atoms with Crippen LogP contribution in [0.25, 0.3) is 10.9 Å². The van der Waals surface area contributed by atoms with Crippen LogP contribution in [0, 0.1) is 0 Å². The second-order valence-corrected chi connectivity index (χ2v) is 6.37. The third-order valence-corrected chi connectivity index (χ3v) is 4.37. The minimum atomic E-state index is -0.576. The highest BCUT2D eigenvalue weighted by Crippen LogP contribution is 2.20. The van der Waals surface area contributed by atoms with E-state index >= 15 is 0 Å². The minimum Gasteiger partial charge on any atom is -0.467 e. The predicted molar refractivity (Wildman–Crippen MR) is 106 cm³/mol. The maximum absolute atomic E-state index is 12.2. The van der Waals surface area contributed by atoms with Gasteiger partial charge in [0.2, 0.25) is 0 Å². The molecule has 134 valence electrons. The lowest BCUT2D eigenvalue weighted by Gasteiger charge is -2.12. The summed E-state index contributed by atoms with van der Waals surface area (Å²) in [4.78, 5) is 21.9. The van der Waals surface area contributed by atoms with Gasteiger partial charge in [-0.25, -0.2) is 4.79 Å². The van der Waals surface area contributed by atoms with E-state index in [1.54, 1.807) is 6.21 Å². The van der Waals surface area contributed by atoms with Crippen LogP contribution < -0.4 is 4.90 Å². The summed E-state index contributed by atoms with van der Waals surface area (Å²) in [5.41, 5.74) is 4.17. The van der Waals surface area contributed by atoms with E-state index in [0.717, 1.165) is 27.7 Å². The fraction of sp³-hybridized carbons (Fsp3) is 0.238. The largest absolute Gasteiger partial charge is 0.467 e. The van der Waals surface area contributed by atoms with E-state index in [2.05, 4.69) is 9.98 Å². The number of methoxy groups -OCH3 is 1. The van der Waals surface area contributed by atoms with Crippen molar-refractivity contribution in [2.45, 2.75) is 12.5 Å². The van der Waals surface area contributed by atoms with Crippen LogP contribution in [0.15, 0.2) is 59.7 Å². The molecule has 1 heterocycles. The van der Waals surface area contributed by atoms with Gasteiger partial charge in [-0.1, -0.05) is 30.3 Å². The van der Waals surface area contributed by atoms with Crippen molar-refractivity contribution in [1.82, 2.24) is 4.98 Å². The Morgan fingerprint density at radius 2 is 1.92 bits per heavy atom. The molecule has 0 saturated heterocycles. The van der Waals surface area contributed by atoms with Crippen molar-refractivity contribution in [1.29, 1.82) is 0 Å². The summed E-state index contributed by atoms with van der Waals surface area (Å²) in [7, 11) is 5.39. The number of carbonyl (C=O) groups excluding carboxylic acids is 1. The lowest BCUT2D eigenvalue weighted by Crippen LogP contribution is -2.23. The molecule has 2 aromatic carbocycles. The molecule has 1 N–H and O–H groups in total. The van der Waals surface area contributed by atoms with E-state index in [4.69, 9.17) is 4.74 Å². The number of ether oxygens (including phenoxy) is 1. The van der Waals surface area contributed by atoms with Crippen LogP contribution in [-0.2, 0) is 16.0 Å². The Morgan fingerprint density at radius 1 is 1.19 bits per heavy atom. The smallest absolute Gasteiger partial charge is 0.330 e. The molecule has 0 bridgehead atoms. The maximum Gasteiger partial charge on any atom is 0.330 e. The first-order valence-corrected chi connectivity index (χ1v) is 8.52. The fourth-order valence-electron chi connectivity index (χ4n) is 2.88. The normalized spacial score (nSPS) is 12.4. The van der Waals surface area contributed by atoms with Crippen molar-refractivity contribution in [2.75, 3.05) is 26.1 Å². The molecule has 0 aliphatic carbocycles. The Bertz CT molecular complexity index is 910. The Labute approximate surface area is 153 Å². The standard InChI is InChI=1S/C21H23N3O2/c1-24(2)17-10-8-15(9-11-17)13-22-20(21(25)26-3)12-16-14-23-19-7-5-4-6-18(16)19/h4-11,13-14,20,23H,12H2,1-3H3/t20-/m1/s1. The van der Waals surface area contributed by atoms with Gasteiger partial charge in [-0.05, 0) is 29.3 Å². The van der Waals surface area contributed by atoms with Gasteiger partial charge in [-0.15, -0.1) is 0 Å². The Balaban J connectivity index is 1.81. The minimum absolute atomic E-state index is 0.337. The summed E-state index contributed by atoms with van der Waals surface area (Å²) in [6.07, 6.45) is 4.15. The number of nitrogens with one attached hydrogen (secondary N) is 1. The van der Waals surface area contributed by atoms with Crippen molar-refractivity contribution in [3.8, 4) is 0 Å². The first-order chi connectivity index (χ1) is 12.6. The molecule has 5 nitrogen and oxygen atoms in total. The third-order valence-electron chi connectivity index (χ3n) is 4.37. The zero-order valence-electron chi connectivity index (χ0n) is 15.3. The van der Waals surface area contributed by atoms with Crippen LogP contribution >= 0.6 is 0 Å². The molecule has 0 spiro atoms. The number of aromatic amines is 1. The van der Waals surface area contributed by atoms with E-state index in [1.165, 1.54) is 7.11 Å². The van der Waals surface area contributed by atoms with Crippen LogP contribution in [0.2, 0.25) is 0 Å². The lowest BCUT2D eigenvalue weighted by molar-refractivity contribution is -0.142. The Hall–Kier alpha value is -3.08. The molecule has 26 heavy (non-hydrogen) atoms. The van der Waals surface area contributed by atoms with E-state index < -0.39 is 6.04 Å². The molecule has 1 aromatic heterocycles. The number of aromatic nitrogens is 1. The molecule has 0 amide bonds. The molecule has 0 saturated carbocycles. The second-order valence-electron chi connectivity index (χ2n) is 6.37. The monoisotopic (exact) mass is 349 g/mol. The number of anilines is 1. The average Bonchev–Trinajstić information content (AvgIpc) is 3.07. The van der Waals surface area contributed by atoms with Gasteiger partial charge in [-0.3, -0.25) is 4.99 Å².